The van der Waals surface area contributed by atoms with Gasteiger partial charge >= 0.3 is 0 Å². The van der Waals surface area contributed by atoms with Crippen LogP contribution in [0.3, 0.4) is 0 Å². The average molecular weight is 563 g/mol. The molecule has 0 aliphatic carbocycles. The Kier molecular flexibility index (Phi) is 24.3. The van der Waals surface area contributed by atoms with Crippen molar-refractivity contribution in [2.75, 3.05) is 92.5 Å². The second-order valence-electron chi connectivity index (χ2n) is 7.16. The molecule has 0 saturated heterocycles. The molecule has 2 rings (SSSR count). The largest absolute Gasteiger partial charge is 0.412 e. The number of ether oxygens (including phenoxy) is 8. The van der Waals surface area contributed by atoms with Crippen molar-refractivity contribution < 1.29 is 67.3 Å². The van der Waals surface area contributed by atoms with Crippen LogP contribution in [0.1, 0.15) is 11.1 Å². The predicted octanol–water partition coefficient (Wildman–Crippen LogP) is -1.39. The summed E-state index contributed by atoms with van der Waals surface area (Å²) in [6.45, 7) is 5.68. The monoisotopic (exact) mass is 562 g/mol. The molecule has 0 fully saturated rings. The molecule has 220 valence electrons. The van der Waals surface area contributed by atoms with Crippen LogP contribution < -0.4 is 0 Å². The van der Waals surface area contributed by atoms with Crippen LogP contribution in [0.2, 0.25) is 0 Å². The SMILES string of the molecule is O.O.O.O=S(=O)(O)c1c2cccc1COCCOCCOCCOCCOCCOCCOCCOC2. The summed E-state index contributed by atoms with van der Waals surface area (Å²) in [5, 5.41) is 0. The van der Waals surface area contributed by atoms with Crippen LogP contribution in [-0.4, -0.2) is 122 Å². The van der Waals surface area contributed by atoms with E-state index in [2.05, 4.69) is 0 Å². The summed E-state index contributed by atoms with van der Waals surface area (Å²) in [5.41, 5.74) is 0.698. The first-order valence-corrected chi connectivity index (χ1v) is 12.7. The predicted molar refractivity (Wildman–Crippen MR) is 131 cm³/mol. The van der Waals surface area contributed by atoms with E-state index in [-0.39, 0.29) is 47.8 Å². The molecule has 1 aliphatic heterocycles. The Bertz CT molecular complexity index is 717. The summed E-state index contributed by atoms with van der Waals surface area (Å²) in [4.78, 5) is -0.194. The Morgan fingerprint density at radius 1 is 0.486 bits per heavy atom. The van der Waals surface area contributed by atoms with Crippen molar-refractivity contribution in [3.8, 4) is 0 Å². The minimum Gasteiger partial charge on any atom is -0.412 e. The summed E-state index contributed by atoms with van der Waals surface area (Å²) in [5.74, 6) is 0. The molecule has 1 aromatic rings. The molecule has 37 heavy (non-hydrogen) atoms. The molecule has 0 saturated carbocycles. The minimum atomic E-state index is -4.46. The maximum Gasteiger partial charge on any atom is 0.295 e. The normalized spacial score (nSPS) is 19.2. The Morgan fingerprint density at radius 3 is 0.973 bits per heavy atom. The highest BCUT2D eigenvalue weighted by Crippen LogP contribution is 2.22. The van der Waals surface area contributed by atoms with E-state index in [9.17, 15) is 13.0 Å². The van der Waals surface area contributed by atoms with Gasteiger partial charge < -0.3 is 54.3 Å². The maximum absolute atomic E-state index is 12.0. The first-order valence-electron chi connectivity index (χ1n) is 11.3. The van der Waals surface area contributed by atoms with Crippen molar-refractivity contribution in [1.82, 2.24) is 0 Å². The molecule has 14 nitrogen and oxygen atoms in total. The van der Waals surface area contributed by atoms with Crippen molar-refractivity contribution in [1.29, 1.82) is 0 Å². The minimum absolute atomic E-state index is 0. The zero-order valence-corrected chi connectivity index (χ0v) is 21.8. The lowest BCUT2D eigenvalue weighted by Crippen LogP contribution is -2.14. The smallest absolute Gasteiger partial charge is 0.295 e. The van der Waals surface area contributed by atoms with E-state index in [1.54, 1.807) is 18.2 Å². The van der Waals surface area contributed by atoms with Gasteiger partial charge in [-0.1, -0.05) is 18.2 Å². The van der Waals surface area contributed by atoms with Crippen molar-refractivity contribution in [3.63, 3.8) is 0 Å². The van der Waals surface area contributed by atoms with Gasteiger partial charge in [-0.2, -0.15) is 8.42 Å². The fraction of sp³-hybridized carbons (Fsp3) is 0.727. The Hall–Kier alpha value is -1.31. The van der Waals surface area contributed by atoms with E-state index in [0.29, 0.717) is 90.4 Å². The van der Waals surface area contributed by atoms with Crippen LogP contribution in [0.4, 0.5) is 0 Å². The molecule has 1 heterocycles. The van der Waals surface area contributed by atoms with Crippen molar-refractivity contribution in [3.05, 3.63) is 29.3 Å². The molecule has 2 bridgehead atoms. The van der Waals surface area contributed by atoms with Crippen molar-refractivity contribution in [2.24, 2.45) is 0 Å². The number of hydrogen-bond donors (Lipinski definition) is 1. The molecule has 0 radical (unpaired) electrons. The molecule has 0 spiro atoms. The van der Waals surface area contributed by atoms with Gasteiger partial charge in [0.15, 0.2) is 0 Å². The topological polar surface area (TPSA) is 223 Å². The van der Waals surface area contributed by atoms with E-state index >= 15 is 0 Å². The highest BCUT2D eigenvalue weighted by Gasteiger charge is 2.20. The molecule has 0 amide bonds. The summed E-state index contributed by atoms with van der Waals surface area (Å²) >= 11 is 0. The van der Waals surface area contributed by atoms with Gasteiger partial charge in [0.05, 0.1) is 106 Å². The summed E-state index contributed by atoms with van der Waals surface area (Å²) in [6.07, 6.45) is 0. The molecular formula is C22H42O14S. The third kappa shape index (κ3) is 17.8. The summed E-state index contributed by atoms with van der Waals surface area (Å²) in [6, 6.07) is 4.88. The van der Waals surface area contributed by atoms with Crippen molar-refractivity contribution in [2.45, 2.75) is 18.1 Å². The Morgan fingerprint density at radius 2 is 0.730 bits per heavy atom. The molecule has 7 N–H and O–H groups in total. The number of fused-ring (bicyclic) bond motifs is 2. The lowest BCUT2D eigenvalue weighted by atomic mass is 10.1. The molecule has 0 aromatic heterocycles. The Balaban J connectivity index is 0. The third-order valence-electron chi connectivity index (χ3n) is 4.56. The van der Waals surface area contributed by atoms with Crippen LogP contribution >= 0.6 is 0 Å². The zero-order chi connectivity index (χ0) is 24.3. The van der Waals surface area contributed by atoms with Gasteiger partial charge in [0.1, 0.15) is 4.90 Å². The molecule has 0 unspecified atom stereocenters. The fourth-order valence-electron chi connectivity index (χ4n) is 3.00. The van der Waals surface area contributed by atoms with Crippen molar-refractivity contribution >= 4 is 10.1 Å². The standard InChI is InChI=1S/C22H36O11S.3H2O/c23-34(24,25)22-20-2-1-3-21(22)19-33-17-15-31-13-11-29-9-7-27-5-4-26-6-8-28-10-12-30-14-16-32-18-20;;;/h1-3H,4-19H2,(H,23,24,25);3*1H2. The molecular weight excluding hydrogens is 520 g/mol. The van der Waals surface area contributed by atoms with E-state index < -0.39 is 10.1 Å². The van der Waals surface area contributed by atoms with E-state index in [1.807, 2.05) is 0 Å². The second kappa shape index (κ2) is 23.8. The van der Waals surface area contributed by atoms with Crippen LogP contribution in [-0.2, 0) is 61.2 Å². The lowest BCUT2D eigenvalue weighted by Gasteiger charge is -2.13. The van der Waals surface area contributed by atoms with Gasteiger partial charge in [0, 0.05) is 0 Å². The molecule has 15 heteroatoms. The van der Waals surface area contributed by atoms with E-state index in [0.717, 1.165) is 0 Å². The second-order valence-corrected chi connectivity index (χ2v) is 8.52. The molecule has 0 atom stereocenters. The van der Waals surface area contributed by atoms with Crippen LogP contribution in [0.25, 0.3) is 0 Å². The maximum atomic E-state index is 12.0. The van der Waals surface area contributed by atoms with E-state index in [4.69, 9.17) is 37.9 Å². The Labute approximate surface area is 217 Å². The van der Waals surface area contributed by atoms with Crippen LogP contribution in [0.5, 0.6) is 0 Å². The summed E-state index contributed by atoms with van der Waals surface area (Å²) < 4.78 is 77.3. The first kappa shape index (κ1) is 37.8. The average Bonchev–Trinajstić information content (AvgIpc) is 2.80. The van der Waals surface area contributed by atoms with Gasteiger partial charge in [0.2, 0.25) is 0 Å². The number of rotatable bonds is 1. The zero-order valence-electron chi connectivity index (χ0n) is 21.0. The summed E-state index contributed by atoms with van der Waals surface area (Å²) in [7, 11) is -4.46. The quantitative estimate of drug-likeness (QED) is 0.392. The number of benzene rings is 1. The third-order valence-corrected chi connectivity index (χ3v) is 5.60. The van der Waals surface area contributed by atoms with Crippen LogP contribution in [0.15, 0.2) is 23.1 Å². The lowest BCUT2D eigenvalue weighted by molar-refractivity contribution is -0.0238. The number of hydrogen-bond acceptors (Lipinski definition) is 10. The van der Waals surface area contributed by atoms with Gasteiger partial charge in [0.25, 0.3) is 10.1 Å². The first-order chi connectivity index (χ1) is 16.6. The van der Waals surface area contributed by atoms with Gasteiger partial charge in [-0.25, -0.2) is 0 Å². The van der Waals surface area contributed by atoms with Gasteiger partial charge in [-0.05, 0) is 11.1 Å². The highest BCUT2D eigenvalue weighted by molar-refractivity contribution is 7.86. The molecule has 1 aliphatic rings. The highest BCUT2D eigenvalue weighted by atomic mass is 32.2. The fourth-order valence-corrected chi connectivity index (χ4v) is 3.91. The van der Waals surface area contributed by atoms with Gasteiger partial charge in [-0.15, -0.1) is 0 Å². The van der Waals surface area contributed by atoms with Crippen LogP contribution in [0, 0.1) is 0 Å². The molecule has 1 aromatic carbocycles. The van der Waals surface area contributed by atoms with E-state index in [1.165, 1.54) is 0 Å². The van der Waals surface area contributed by atoms with Gasteiger partial charge in [-0.3, -0.25) is 4.55 Å².